The monoisotopic (exact) mass is 617 g/mol. The van der Waals surface area contributed by atoms with Crippen molar-refractivity contribution in [1.29, 1.82) is 0 Å². The van der Waals surface area contributed by atoms with Gasteiger partial charge in [0.25, 0.3) is 0 Å². The SMILES string of the molecule is CC1(C)c2ccccc2-c2ccc(N(c3cccc4c3-c3ccccc3C4(C)C)c3cc4ccccc4c4oc5ccccc5c34)cc21. The summed E-state index contributed by atoms with van der Waals surface area (Å²) in [6.45, 7) is 9.45. The summed E-state index contributed by atoms with van der Waals surface area (Å²) in [7, 11) is 0. The molecule has 48 heavy (non-hydrogen) atoms. The minimum atomic E-state index is -0.123. The van der Waals surface area contributed by atoms with Gasteiger partial charge in [-0.2, -0.15) is 0 Å². The lowest BCUT2D eigenvalue weighted by atomic mass is 9.82. The van der Waals surface area contributed by atoms with Gasteiger partial charge in [-0.1, -0.05) is 137 Å². The summed E-state index contributed by atoms with van der Waals surface area (Å²) in [6, 6.07) is 51.3. The highest BCUT2D eigenvalue weighted by molar-refractivity contribution is 6.22. The zero-order valence-corrected chi connectivity index (χ0v) is 27.6. The fraction of sp³-hybridized carbons (Fsp3) is 0.130. The molecule has 0 saturated heterocycles. The fourth-order valence-electron chi connectivity index (χ4n) is 8.88. The molecule has 0 saturated carbocycles. The van der Waals surface area contributed by atoms with Gasteiger partial charge in [-0.15, -0.1) is 0 Å². The third kappa shape index (κ3) is 3.52. The Morgan fingerprint density at radius 1 is 0.479 bits per heavy atom. The van der Waals surface area contributed by atoms with Gasteiger partial charge < -0.3 is 9.32 Å². The second-order valence-electron chi connectivity index (χ2n) is 14.5. The van der Waals surface area contributed by atoms with Gasteiger partial charge >= 0.3 is 0 Å². The normalized spacial score (nSPS) is 15.0. The number of furan rings is 1. The first-order valence-corrected chi connectivity index (χ1v) is 16.9. The topological polar surface area (TPSA) is 16.4 Å². The maximum Gasteiger partial charge on any atom is 0.145 e. The fourth-order valence-corrected chi connectivity index (χ4v) is 8.88. The van der Waals surface area contributed by atoms with E-state index in [9.17, 15) is 0 Å². The van der Waals surface area contributed by atoms with Crippen molar-refractivity contribution in [3.63, 3.8) is 0 Å². The number of hydrogen-bond acceptors (Lipinski definition) is 2. The molecule has 2 nitrogen and oxygen atoms in total. The summed E-state index contributed by atoms with van der Waals surface area (Å²) < 4.78 is 6.73. The maximum atomic E-state index is 6.73. The molecule has 0 unspecified atom stereocenters. The lowest BCUT2D eigenvalue weighted by Gasteiger charge is -2.31. The second kappa shape index (κ2) is 9.49. The molecule has 0 radical (unpaired) electrons. The predicted octanol–water partition coefficient (Wildman–Crippen LogP) is 12.8. The van der Waals surface area contributed by atoms with Crippen LogP contribution in [0.1, 0.15) is 49.9 Å². The van der Waals surface area contributed by atoms with Gasteiger partial charge in [-0.3, -0.25) is 0 Å². The molecular formula is C46H35NO. The number of hydrogen-bond donors (Lipinski definition) is 0. The van der Waals surface area contributed by atoms with E-state index in [0.717, 1.165) is 44.1 Å². The molecule has 2 aliphatic carbocycles. The van der Waals surface area contributed by atoms with Crippen LogP contribution < -0.4 is 4.90 Å². The Kier molecular flexibility index (Phi) is 5.44. The standard InChI is InChI=1S/C46H35NO/c1-45(2)36-20-11-8-17-33(36)42-37(45)21-13-22-39(42)47(29-24-25-32-31-16-7-10-19-35(31)46(3,4)38(32)27-29)40-26-28-14-5-6-15-30(28)44-43(40)34-18-9-12-23-41(34)48-44/h5-27H,1-4H3. The average Bonchev–Trinajstić information content (AvgIpc) is 3.70. The number of nitrogens with zero attached hydrogens (tertiary/aromatic N) is 1. The molecule has 10 rings (SSSR count). The summed E-state index contributed by atoms with van der Waals surface area (Å²) in [5.41, 5.74) is 15.8. The molecule has 230 valence electrons. The van der Waals surface area contributed by atoms with E-state index in [4.69, 9.17) is 4.42 Å². The van der Waals surface area contributed by atoms with Gasteiger partial charge in [-0.05, 0) is 74.7 Å². The van der Waals surface area contributed by atoms with E-state index in [1.165, 1.54) is 50.2 Å². The highest BCUT2D eigenvalue weighted by Crippen LogP contribution is 2.57. The molecule has 0 spiro atoms. The smallest absolute Gasteiger partial charge is 0.145 e. The van der Waals surface area contributed by atoms with Crippen LogP contribution in [-0.2, 0) is 10.8 Å². The van der Waals surface area contributed by atoms with Crippen LogP contribution in [0.3, 0.4) is 0 Å². The average molecular weight is 618 g/mol. The summed E-state index contributed by atoms with van der Waals surface area (Å²) in [5.74, 6) is 0. The second-order valence-corrected chi connectivity index (χ2v) is 14.5. The summed E-state index contributed by atoms with van der Waals surface area (Å²) in [5, 5.41) is 4.55. The zero-order valence-electron chi connectivity index (χ0n) is 27.6. The zero-order chi connectivity index (χ0) is 32.4. The van der Waals surface area contributed by atoms with E-state index >= 15 is 0 Å². The molecule has 8 aromatic rings. The van der Waals surface area contributed by atoms with Crippen LogP contribution in [0.2, 0.25) is 0 Å². The third-order valence-electron chi connectivity index (χ3n) is 11.2. The summed E-state index contributed by atoms with van der Waals surface area (Å²) >= 11 is 0. The number of para-hydroxylation sites is 1. The molecule has 0 fully saturated rings. The van der Waals surface area contributed by atoms with E-state index in [1.807, 2.05) is 0 Å². The van der Waals surface area contributed by atoms with Gasteiger partial charge in [-0.25, -0.2) is 0 Å². The van der Waals surface area contributed by atoms with Gasteiger partial charge in [0, 0.05) is 32.9 Å². The molecule has 1 aromatic heterocycles. The van der Waals surface area contributed by atoms with Crippen molar-refractivity contribution in [2.24, 2.45) is 0 Å². The summed E-state index contributed by atoms with van der Waals surface area (Å²) in [4.78, 5) is 2.52. The van der Waals surface area contributed by atoms with Crippen LogP contribution in [0.15, 0.2) is 144 Å². The van der Waals surface area contributed by atoms with E-state index < -0.39 is 0 Å². The Labute approximate surface area is 280 Å². The number of rotatable bonds is 3. The quantitative estimate of drug-likeness (QED) is 0.196. The van der Waals surface area contributed by atoms with Gasteiger partial charge in [0.05, 0.1) is 16.8 Å². The summed E-state index contributed by atoms with van der Waals surface area (Å²) in [6.07, 6.45) is 0. The van der Waals surface area contributed by atoms with Crippen LogP contribution in [0.25, 0.3) is 55.0 Å². The largest absolute Gasteiger partial charge is 0.455 e. The molecule has 0 aliphatic heterocycles. The van der Waals surface area contributed by atoms with Crippen molar-refractivity contribution in [2.75, 3.05) is 4.90 Å². The van der Waals surface area contributed by atoms with E-state index in [0.29, 0.717) is 0 Å². The molecule has 0 bridgehead atoms. The van der Waals surface area contributed by atoms with Gasteiger partial charge in [0.1, 0.15) is 11.2 Å². The lowest BCUT2D eigenvalue weighted by Crippen LogP contribution is -2.17. The Morgan fingerprint density at radius 2 is 1.10 bits per heavy atom. The van der Waals surface area contributed by atoms with Crippen LogP contribution in [0.4, 0.5) is 17.1 Å². The highest BCUT2D eigenvalue weighted by atomic mass is 16.3. The highest BCUT2D eigenvalue weighted by Gasteiger charge is 2.39. The Balaban J connectivity index is 1.34. The Hall–Kier alpha value is -5.60. The van der Waals surface area contributed by atoms with Crippen molar-refractivity contribution in [3.05, 3.63) is 162 Å². The van der Waals surface area contributed by atoms with Crippen LogP contribution >= 0.6 is 0 Å². The van der Waals surface area contributed by atoms with Crippen LogP contribution in [0.5, 0.6) is 0 Å². The van der Waals surface area contributed by atoms with Crippen molar-refractivity contribution < 1.29 is 4.42 Å². The molecule has 0 amide bonds. The van der Waals surface area contributed by atoms with Gasteiger partial charge in [0.2, 0.25) is 0 Å². The number of fused-ring (bicyclic) bond motifs is 11. The maximum absolute atomic E-state index is 6.73. The van der Waals surface area contributed by atoms with E-state index in [2.05, 4.69) is 172 Å². The van der Waals surface area contributed by atoms with Crippen molar-refractivity contribution >= 4 is 49.8 Å². The van der Waals surface area contributed by atoms with Crippen molar-refractivity contribution in [1.82, 2.24) is 0 Å². The Morgan fingerprint density at radius 3 is 1.94 bits per heavy atom. The number of anilines is 3. The molecule has 2 aliphatic rings. The van der Waals surface area contributed by atoms with E-state index in [-0.39, 0.29) is 10.8 Å². The molecular weight excluding hydrogens is 583 g/mol. The first-order chi connectivity index (χ1) is 23.3. The van der Waals surface area contributed by atoms with Crippen LogP contribution in [0, 0.1) is 0 Å². The minimum absolute atomic E-state index is 0.115. The van der Waals surface area contributed by atoms with Crippen molar-refractivity contribution in [3.8, 4) is 22.3 Å². The first kappa shape index (κ1) is 27.5. The number of benzene rings is 7. The predicted molar refractivity (Wildman–Crippen MR) is 201 cm³/mol. The van der Waals surface area contributed by atoms with Gasteiger partial charge in [0.15, 0.2) is 0 Å². The molecule has 1 heterocycles. The third-order valence-corrected chi connectivity index (χ3v) is 11.2. The molecule has 0 atom stereocenters. The molecule has 0 N–H and O–H groups in total. The van der Waals surface area contributed by atoms with Crippen molar-refractivity contribution in [2.45, 2.75) is 38.5 Å². The first-order valence-electron chi connectivity index (χ1n) is 16.9. The Bertz CT molecular complexity index is 2630. The lowest BCUT2D eigenvalue weighted by molar-refractivity contribution is 0.660. The minimum Gasteiger partial charge on any atom is -0.455 e. The van der Waals surface area contributed by atoms with E-state index in [1.54, 1.807) is 0 Å². The molecule has 2 heteroatoms. The van der Waals surface area contributed by atoms with Crippen LogP contribution in [-0.4, -0.2) is 0 Å². The molecule has 7 aromatic carbocycles.